The molecule has 76 valence electrons. The first-order valence-corrected chi connectivity index (χ1v) is 4.53. The van der Waals surface area contributed by atoms with Gasteiger partial charge < -0.3 is 9.64 Å². The normalized spacial score (nSPS) is 29.2. The highest BCUT2D eigenvalue weighted by Crippen LogP contribution is 2.23. The molecule has 0 aromatic carbocycles. The molecule has 4 heteroatoms. The summed E-state index contributed by atoms with van der Waals surface area (Å²) in [5.41, 5.74) is 0. The molecule has 0 N–H and O–H groups in total. The molecule has 0 spiro atoms. The summed E-state index contributed by atoms with van der Waals surface area (Å²) in [4.78, 5) is 12.7. The van der Waals surface area contributed by atoms with Crippen LogP contribution in [0.3, 0.4) is 0 Å². The van der Waals surface area contributed by atoms with E-state index < -0.39 is 6.17 Å². The smallest absolute Gasteiger partial charge is 0.305 e. The van der Waals surface area contributed by atoms with Gasteiger partial charge in [0.2, 0.25) is 0 Å². The monoisotopic (exact) mass is 189 g/mol. The first-order valence-electron chi connectivity index (χ1n) is 4.53. The number of alkyl halides is 1. The van der Waals surface area contributed by atoms with Crippen molar-refractivity contribution in [2.45, 2.75) is 19.0 Å². The van der Waals surface area contributed by atoms with Crippen LogP contribution in [0.1, 0.15) is 12.8 Å². The maximum atomic E-state index is 13.2. The maximum absolute atomic E-state index is 13.2. The molecule has 0 bridgehead atoms. The minimum Gasteiger partial charge on any atom is -0.469 e. The van der Waals surface area contributed by atoms with Gasteiger partial charge in [-0.1, -0.05) is 0 Å². The van der Waals surface area contributed by atoms with Crippen LogP contribution in [0.15, 0.2) is 0 Å². The van der Waals surface area contributed by atoms with Crippen molar-refractivity contribution < 1.29 is 13.9 Å². The Morgan fingerprint density at radius 3 is 2.77 bits per heavy atom. The summed E-state index contributed by atoms with van der Waals surface area (Å²) in [5, 5.41) is 0. The maximum Gasteiger partial charge on any atom is 0.305 e. The summed E-state index contributed by atoms with van der Waals surface area (Å²) in [7, 11) is 3.25. The molecule has 13 heavy (non-hydrogen) atoms. The van der Waals surface area contributed by atoms with Crippen molar-refractivity contribution in [2.24, 2.45) is 5.92 Å². The van der Waals surface area contributed by atoms with E-state index in [1.807, 2.05) is 11.9 Å². The van der Waals surface area contributed by atoms with Gasteiger partial charge in [-0.25, -0.2) is 4.39 Å². The number of ether oxygens (including phenoxy) is 1. The molecule has 1 aliphatic rings. The number of esters is 1. The Morgan fingerprint density at radius 2 is 2.31 bits per heavy atom. The van der Waals surface area contributed by atoms with Gasteiger partial charge in [0.1, 0.15) is 6.17 Å². The molecule has 0 aliphatic carbocycles. The topological polar surface area (TPSA) is 29.5 Å². The lowest BCUT2D eigenvalue weighted by molar-refractivity contribution is -0.141. The SMILES string of the molecule is COC(=O)CC[C@H]1CN(C)C[C@H]1F. The Hall–Kier alpha value is -0.640. The highest BCUT2D eigenvalue weighted by atomic mass is 19.1. The summed E-state index contributed by atoms with van der Waals surface area (Å²) in [6.07, 6.45) is 0.141. The van der Waals surface area contributed by atoms with E-state index in [0.717, 1.165) is 6.54 Å². The van der Waals surface area contributed by atoms with E-state index in [9.17, 15) is 9.18 Å². The van der Waals surface area contributed by atoms with Crippen molar-refractivity contribution in [1.29, 1.82) is 0 Å². The standard InChI is InChI=1S/C9H16FNO2/c1-11-5-7(8(10)6-11)3-4-9(12)13-2/h7-8H,3-6H2,1-2H3/t7-,8+/m0/s1. The molecule has 0 amide bonds. The molecule has 1 aliphatic heterocycles. The van der Waals surface area contributed by atoms with Gasteiger partial charge in [-0.15, -0.1) is 0 Å². The van der Waals surface area contributed by atoms with Gasteiger partial charge in [-0.2, -0.15) is 0 Å². The fourth-order valence-electron chi connectivity index (χ4n) is 1.71. The summed E-state index contributed by atoms with van der Waals surface area (Å²) in [6, 6.07) is 0. The summed E-state index contributed by atoms with van der Waals surface area (Å²) >= 11 is 0. The third-order valence-corrected chi connectivity index (χ3v) is 2.49. The number of nitrogens with zero attached hydrogens (tertiary/aromatic N) is 1. The van der Waals surface area contributed by atoms with Gasteiger partial charge in [-0.05, 0) is 13.5 Å². The fourth-order valence-corrected chi connectivity index (χ4v) is 1.71. The fraction of sp³-hybridized carbons (Fsp3) is 0.889. The molecule has 0 aromatic rings. The van der Waals surface area contributed by atoms with Gasteiger partial charge in [0.05, 0.1) is 7.11 Å². The first-order chi connectivity index (χ1) is 6.13. The Morgan fingerprint density at radius 1 is 1.62 bits per heavy atom. The van der Waals surface area contributed by atoms with E-state index in [0.29, 0.717) is 19.4 Å². The zero-order valence-electron chi connectivity index (χ0n) is 8.12. The Labute approximate surface area is 77.9 Å². The summed E-state index contributed by atoms with van der Waals surface area (Å²) in [5.74, 6) is -0.245. The second kappa shape index (κ2) is 4.56. The van der Waals surface area contributed by atoms with E-state index in [4.69, 9.17) is 0 Å². The molecule has 2 atom stereocenters. The second-order valence-corrected chi connectivity index (χ2v) is 3.61. The van der Waals surface area contributed by atoms with Gasteiger partial charge in [-0.3, -0.25) is 4.79 Å². The van der Waals surface area contributed by atoms with Crippen molar-refractivity contribution in [3.8, 4) is 0 Å². The highest BCUT2D eigenvalue weighted by molar-refractivity contribution is 5.69. The zero-order valence-corrected chi connectivity index (χ0v) is 8.12. The molecule has 0 aromatic heterocycles. The Bertz CT molecular complexity index is 186. The number of halogens is 1. The quantitative estimate of drug-likeness (QED) is 0.616. The van der Waals surface area contributed by atoms with Crippen LogP contribution in [0.25, 0.3) is 0 Å². The number of hydrogen-bond donors (Lipinski definition) is 0. The Kier molecular flexibility index (Phi) is 3.66. The predicted octanol–water partition coefficient (Wildman–Crippen LogP) is 0.839. The van der Waals surface area contributed by atoms with Crippen LogP contribution in [0.5, 0.6) is 0 Å². The number of carbonyl (C=O) groups excluding carboxylic acids is 1. The van der Waals surface area contributed by atoms with Crippen molar-refractivity contribution in [1.82, 2.24) is 4.90 Å². The van der Waals surface area contributed by atoms with E-state index >= 15 is 0 Å². The molecule has 1 fully saturated rings. The second-order valence-electron chi connectivity index (χ2n) is 3.61. The van der Waals surface area contributed by atoms with E-state index in [1.54, 1.807) is 0 Å². The van der Waals surface area contributed by atoms with Gasteiger partial charge >= 0.3 is 5.97 Å². The van der Waals surface area contributed by atoms with Gasteiger partial charge in [0.25, 0.3) is 0 Å². The number of hydrogen-bond acceptors (Lipinski definition) is 3. The lowest BCUT2D eigenvalue weighted by atomic mass is 10.0. The van der Waals surface area contributed by atoms with Crippen molar-refractivity contribution in [2.75, 3.05) is 27.2 Å². The van der Waals surface area contributed by atoms with Crippen molar-refractivity contribution >= 4 is 5.97 Å². The van der Waals surface area contributed by atoms with Gasteiger partial charge in [0.15, 0.2) is 0 Å². The molecule has 3 nitrogen and oxygen atoms in total. The first kappa shape index (κ1) is 10.4. The molecule has 0 unspecified atom stereocenters. The van der Waals surface area contributed by atoms with Crippen LogP contribution in [0, 0.1) is 5.92 Å². The average molecular weight is 189 g/mol. The van der Waals surface area contributed by atoms with E-state index in [2.05, 4.69) is 4.74 Å². The summed E-state index contributed by atoms with van der Waals surface area (Å²) < 4.78 is 17.7. The van der Waals surface area contributed by atoms with Crippen LogP contribution >= 0.6 is 0 Å². The Balaban J connectivity index is 2.25. The molecular formula is C9H16FNO2. The van der Waals surface area contributed by atoms with Crippen LogP contribution in [0.4, 0.5) is 4.39 Å². The molecule has 1 rings (SSSR count). The van der Waals surface area contributed by atoms with Crippen LogP contribution < -0.4 is 0 Å². The lowest BCUT2D eigenvalue weighted by Gasteiger charge is -2.10. The van der Waals surface area contributed by atoms with E-state index in [1.165, 1.54) is 7.11 Å². The average Bonchev–Trinajstić information content (AvgIpc) is 2.41. The molecule has 0 saturated carbocycles. The van der Waals surface area contributed by atoms with Gasteiger partial charge in [0, 0.05) is 25.4 Å². The third-order valence-electron chi connectivity index (χ3n) is 2.49. The largest absolute Gasteiger partial charge is 0.469 e. The number of methoxy groups -OCH3 is 1. The third kappa shape index (κ3) is 2.95. The highest BCUT2D eigenvalue weighted by Gasteiger charge is 2.30. The minimum absolute atomic E-state index is 0.00380. The number of carbonyl (C=O) groups is 1. The lowest BCUT2D eigenvalue weighted by Crippen LogP contribution is -2.15. The van der Waals surface area contributed by atoms with E-state index in [-0.39, 0.29) is 11.9 Å². The van der Waals surface area contributed by atoms with Crippen LogP contribution in [-0.4, -0.2) is 44.3 Å². The van der Waals surface area contributed by atoms with Crippen LogP contribution in [0.2, 0.25) is 0 Å². The molecule has 0 radical (unpaired) electrons. The summed E-state index contributed by atoms with van der Waals surface area (Å²) in [6.45, 7) is 1.24. The molecule has 1 saturated heterocycles. The van der Waals surface area contributed by atoms with Crippen molar-refractivity contribution in [3.63, 3.8) is 0 Å². The minimum atomic E-state index is -0.783. The number of rotatable bonds is 3. The zero-order chi connectivity index (χ0) is 9.84. The number of likely N-dealkylation sites (tertiary alicyclic amines) is 1. The molecule has 1 heterocycles. The van der Waals surface area contributed by atoms with Crippen molar-refractivity contribution in [3.05, 3.63) is 0 Å². The molecular weight excluding hydrogens is 173 g/mol. The predicted molar refractivity (Wildman–Crippen MR) is 47.1 cm³/mol. The van der Waals surface area contributed by atoms with Crippen LogP contribution in [-0.2, 0) is 9.53 Å².